The summed E-state index contributed by atoms with van der Waals surface area (Å²) in [6, 6.07) is 6.16. The molecule has 0 bridgehead atoms. The number of ether oxygens (including phenoxy) is 1. The lowest BCUT2D eigenvalue weighted by Crippen LogP contribution is -2.49. The Labute approximate surface area is 112 Å². The summed E-state index contributed by atoms with van der Waals surface area (Å²) in [4.78, 5) is 8.01. The van der Waals surface area contributed by atoms with Gasteiger partial charge in [-0.15, -0.1) is 0 Å². The molecule has 0 aliphatic carbocycles. The van der Waals surface area contributed by atoms with Crippen molar-refractivity contribution in [3.8, 4) is 0 Å². The van der Waals surface area contributed by atoms with Gasteiger partial charge in [-0.25, -0.2) is 4.98 Å². The van der Waals surface area contributed by atoms with Crippen LogP contribution in [0.4, 0.5) is 0 Å². The number of aromatic nitrogens is 2. The molecule has 0 unspecified atom stereocenters. The zero-order chi connectivity index (χ0) is 13.7. The highest BCUT2D eigenvalue weighted by Gasteiger charge is 2.40. The molecule has 2 N–H and O–H groups in total. The van der Waals surface area contributed by atoms with Gasteiger partial charge in [0.2, 0.25) is 0 Å². The van der Waals surface area contributed by atoms with E-state index in [2.05, 4.69) is 36.8 Å². The Morgan fingerprint density at radius 2 is 2.11 bits per heavy atom. The normalized spacial score (nSPS) is 18.5. The lowest BCUT2D eigenvalue weighted by Gasteiger charge is -2.40. The molecule has 0 amide bonds. The predicted octanol–water partition coefficient (Wildman–Crippen LogP) is 2.12. The molecule has 1 aliphatic heterocycles. The van der Waals surface area contributed by atoms with E-state index in [9.17, 15) is 5.11 Å². The van der Waals surface area contributed by atoms with Gasteiger partial charge in [0, 0.05) is 5.41 Å². The van der Waals surface area contributed by atoms with Crippen LogP contribution < -0.4 is 0 Å². The van der Waals surface area contributed by atoms with Crippen LogP contribution in [0.25, 0.3) is 11.0 Å². The summed E-state index contributed by atoms with van der Waals surface area (Å²) < 4.78 is 5.27. The number of imidazole rings is 1. The van der Waals surface area contributed by atoms with E-state index < -0.39 is 0 Å². The summed E-state index contributed by atoms with van der Waals surface area (Å²) in [6.07, 6.45) is 0. The summed E-state index contributed by atoms with van der Waals surface area (Å²) in [5, 5.41) is 9.59. The first kappa shape index (κ1) is 12.6. The van der Waals surface area contributed by atoms with Crippen LogP contribution in [0.3, 0.4) is 0 Å². The molecule has 1 fully saturated rings. The van der Waals surface area contributed by atoms with E-state index in [4.69, 9.17) is 4.74 Å². The Kier molecular flexibility index (Phi) is 2.69. The first-order valence-corrected chi connectivity index (χ1v) is 6.64. The molecular formula is C15H20N2O2. The zero-order valence-electron chi connectivity index (χ0n) is 11.7. The van der Waals surface area contributed by atoms with E-state index in [1.807, 2.05) is 12.1 Å². The number of hydrogen-bond donors (Lipinski definition) is 2. The number of nitrogens with one attached hydrogen (secondary N) is 1. The number of fused-ring (bicyclic) bond motifs is 1. The standard InChI is InChI=1S/C15H20N2O2/c1-14(2,3)13-16-11-5-4-10(6-12(11)17-13)15(7-18)8-19-9-15/h4-6,18H,7-9H2,1-3H3,(H,16,17). The first-order chi connectivity index (χ1) is 8.94. The maximum atomic E-state index is 9.59. The molecular weight excluding hydrogens is 240 g/mol. The Balaban J connectivity index is 2.06. The molecule has 0 spiro atoms. The molecule has 4 heteroatoms. The van der Waals surface area contributed by atoms with Crippen molar-refractivity contribution >= 4 is 11.0 Å². The number of aliphatic hydroxyl groups is 1. The van der Waals surface area contributed by atoms with Crippen LogP contribution in [0.2, 0.25) is 0 Å². The summed E-state index contributed by atoms with van der Waals surface area (Å²) in [5.74, 6) is 0.988. The molecule has 102 valence electrons. The number of benzene rings is 1. The quantitative estimate of drug-likeness (QED) is 0.869. The topological polar surface area (TPSA) is 58.1 Å². The van der Waals surface area contributed by atoms with Crippen molar-refractivity contribution in [2.75, 3.05) is 19.8 Å². The monoisotopic (exact) mass is 260 g/mol. The van der Waals surface area contributed by atoms with E-state index in [1.54, 1.807) is 0 Å². The average Bonchev–Trinajstić information content (AvgIpc) is 2.71. The van der Waals surface area contributed by atoms with Gasteiger partial charge in [0.15, 0.2) is 0 Å². The van der Waals surface area contributed by atoms with Crippen molar-refractivity contribution in [1.29, 1.82) is 0 Å². The Morgan fingerprint density at radius 3 is 2.63 bits per heavy atom. The molecule has 19 heavy (non-hydrogen) atoms. The zero-order valence-corrected chi connectivity index (χ0v) is 11.7. The van der Waals surface area contributed by atoms with E-state index in [0.717, 1.165) is 22.4 Å². The number of aromatic amines is 1. The van der Waals surface area contributed by atoms with Crippen molar-refractivity contribution in [1.82, 2.24) is 9.97 Å². The molecule has 0 atom stereocenters. The van der Waals surface area contributed by atoms with Gasteiger partial charge in [0.1, 0.15) is 5.82 Å². The molecule has 2 aromatic rings. The minimum atomic E-state index is -0.221. The molecule has 1 saturated heterocycles. The maximum Gasteiger partial charge on any atom is 0.112 e. The SMILES string of the molecule is CC(C)(C)c1nc2ccc(C3(CO)COC3)cc2[nH]1. The summed E-state index contributed by atoms with van der Waals surface area (Å²) in [7, 11) is 0. The Morgan fingerprint density at radius 1 is 1.37 bits per heavy atom. The van der Waals surface area contributed by atoms with Crippen LogP contribution in [0, 0.1) is 0 Å². The third-order valence-corrected chi connectivity index (χ3v) is 3.86. The molecule has 1 aromatic heterocycles. The molecule has 4 nitrogen and oxygen atoms in total. The second-order valence-electron chi connectivity index (χ2n) is 6.50. The Bertz CT molecular complexity index is 601. The van der Waals surface area contributed by atoms with Crippen LogP contribution in [-0.2, 0) is 15.6 Å². The van der Waals surface area contributed by atoms with E-state index in [1.165, 1.54) is 0 Å². The van der Waals surface area contributed by atoms with Crippen molar-refractivity contribution in [2.24, 2.45) is 0 Å². The third kappa shape index (κ3) is 1.95. The smallest absolute Gasteiger partial charge is 0.112 e. The minimum absolute atomic E-state index is 0.00737. The molecule has 0 saturated carbocycles. The fourth-order valence-corrected chi connectivity index (χ4v) is 2.39. The second kappa shape index (κ2) is 4.05. The number of rotatable bonds is 2. The van der Waals surface area contributed by atoms with Crippen LogP contribution >= 0.6 is 0 Å². The minimum Gasteiger partial charge on any atom is -0.395 e. The number of H-pyrrole nitrogens is 1. The number of hydrogen-bond acceptors (Lipinski definition) is 3. The molecule has 1 aliphatic rings. The fraction of sp³-hybridized carbons (Fsp3) is 0.533. The van der Waals surface area contributed by atoms with Crippen molar-refractivity contribution < 1.29 is 9.84 Å². The van der Waals surface area contributed by atoms with Gasteiger partial charge in [-0.05, 0) is 17.7 Å². The summed E-state index contributed by atoms with van der Waals surface area (Å²) in [6.45, 7) is 7.73. The number of nitrogens with zero attached hydrogens (tertiary/aromatic N) is 1. The van der Waals surface area contributed by atoms with Crippen molar-refractivity contribution in [3.63, 3.8) is 0 Å². The van der Waals surface area contributed by atoms with Crippen molar-refractivity contribution in [2.45, 2.75) is 31.6 Å². The van der Waals surface area contributed by atoms with E-state index in [-0.39, 0.29) is 17.4 Å². The highest BCUT2D eigenvalue weighted by atomic mass is 16.5. The predicted molar refractivity (Wildman–Crippen MR) is 74.4 cm³/mol. The largest absolute Gasteiger partial charge is 0.395 e. The van der Waals surface area contributed by atoms with Gasteiger partial charge in [0.25, 0.3) is 0 Å². The van der Waals surface area contributed by atoms with Gasteiger partial charge in [-0.2, -0.15) is 0 Å². The highest BCUT2D eigenvalue weighted by molar-refractivity contribution is 5.76. The molecule has 2 heterocycles. The van der Waals surface area contributed by atoms with Crippen LogP contribution in [0.5, 0.6) is 0 Å². The van der Waals surface area contributed by atoms with Gasteiger partial charge >= 0.3 is 0 Å². The van der Waals surface area contributed by atoms with Gasteiger partial charge in [0.05, 0.1) is 36.3 Å². The van der Waals surface area contributed by atoms with Crippen molar-refractivity contribution in [3.05, 3.63) is 29.6 Å². The third-order valence-electron chi connectivity index (χ3n) is 3.86. The molecule has 0 radical (unpaired) electrons. The average molecular weight is 260 g/mol. The van der Waals surface area contributed by atoms with Gasteiger partial charge in [-0.1, -0.05) is 26.8 Å². The number of aliphatic hydroxyl groups excluding tert-OH is 1. The first-order valence-electron chi connectivity index (χ1n) is 6.64. The van der Waals surface area contributed by atoms with Gasteiger partial charge in [-0.3, -0.25) is 0 Å². The Hall–Kier alpha value is -1.39. The van der Waals surface area contributed by atoms with Crippen LogP contribution in [0.1, 0.15) is 32.2 Å². The van der Waals surface area contributed by atoms with Gasteiger partial charge < -0.3 is 14.8 Å². The molecule has 3 rings (SSSR count). The lowest BCUT2D eigenvalue weighted by atomic mass is 9.79. The van der Waals surface area contributed by atoms with E-state index >= 15 is 0 Å². The second-order valence-corrected chi connectivity index (χ2v) is 6.50. The summed E-state index contributed by atoms with van der Waals surface area (Å²) in [5.41, 5.74) is 2.91. The highest BCUT2D eigenvalue weighted by Crippen LogP contribution is 2.33. The fourth-order valence-electron chi connectivity index (χ4n) is 2.39. The summed E-state index contributed by atoms with van der Waals surface area (Å²) >= 11 is 0. The molecule has 1 aromatic carbocycles. The van der Waals surface area contributed by atoms with Crippen LogP contribution in [-0.4, -0.2) is 34.9 Å². The lowest BCUT2D eigenvalue weighted by molar-refractivity contribution is -0.0841. The van der Waals surface area contributed by atoms with Crippen LogP contribution in [0.15, 0.2) is 18.2 Å². The van der Waals surface area contributed by atoms with E-state index in [0.29, 0.717) is 13.2 Å². The maximum absolute atomic E-state index is 9.59.